The molecule has 0 amide bonds. The van der Waals surface area contributed by atoms with E-state index in [1.54, 1.807) is 0 Å². The highest BCUT2D eigenvalue weighted by molar-refractivity contribution is 6.69. The van der Waals surface area contributed by atoms with Crippen LogP contribution in [0.4, 0.5) is 0 Å². The fourth-order valence-corrected chi connectivity index (χ4v) is 7.29. The van der Waals surface area contributed by atoms with Crippen LogP contribution >= 0.6 is 0 Å². The van der Waals surface area contributed by atoms with Crippen molar-refractivity contribution in [2.24, 2.45) is 23.7 Å². The van der Waals surface area contributed by atoms with Crippen molar-refractivity contribution in [2.45, 2.75) is 50.8 Å². The van der Waals surface area contributed by atoms with Crippen LogP contribution in [0.15, 0.2) is 42.5 Å². The summed E-state index contributed by atoms with van der Waals surface area (Å²) in [5.41, 5.74) is 1.43. The lowest BCUT2D eigenvalue weighted by Crippen LogP contribution is -2.70. The molecule has 3 saturated carbocycles. The quantitative estimate of drug-likeness (QED) is 0.418. The molecule has 1 aromatic rings. The number of carbonyl (C=O) groups is 1. The first-order valence-electron chi connectivity index (χ1n) is 10.6. The Morgan fingerprint density at radius 1 is 1.24 bits per heavy atom. The number of hydrogen-bond donors (Lipinski definition) is 1. The monoisotopic (exact) mass is 416 g/mol. The van der Waals surface area contributed by atoms with Gasteiger partial charge in [-0.3, -0.25) is 4.79 Å². The summed E-state index contributed by atoms with van der Waals surface area (Å²) in [6.07, 6.45) is 0.768. The molecule has 5 nitrogen and oxygen atoms in total. The van der Waals surface area contributed by atoms with E-state index in [0.29, 0.717) is 13.2 Å². The Bertz CT molecular complexity index is 773. The fourth-order valence-electron chi connectivity index (χ4n) is 5.86. The highest BCUT2D eigenvalue weighted by atomic mass is 28.4. The van der Waals surface area contributed by atoms with Crippen molar-refractivity contribution >= 4 is 14.3 Å². The number of aliphatic hydroxyl groups is 1. The molecular formula is C23H32O5Si. The summed E-state index contributed by atoms with van der Waals surface area (Å²) in [4.78, 5) is 12.4. The third-order valence-corrected chi connectivity index (χ3v) is 7.73. The van der Waals surface area contributed by atoms with Crippen LogP contribution in [0, 0.1) is 23.7 Å². The third-order valence-electron chi connectivity index (χ3n) is 6.76. The molecule has 3 aliphatic carbocycles. The Hall–Kier alpha value is -1.47. The minimum Gasteiger partial charge on any atom is -0.462 e. The van der Waals surface area contributed by atoms with E-state index in [9.17, 15) is 9.90 Å². The van der Waals surface area contributed by atoms with Crippen molar-refractivity contribution in [3.63, 3.8) is 0 Å². The first kappa shape index (κ1) is 20.8. The zero-order chi connectivity index (χ0) is 20.8. The lowest BCUT2D eigenvalue weighted by molar-refractivity contribution is -0.223. The van der Waals surface area contributed by atoms with Gasteiger partial charge in [-0.05, 0) is 55.0 Å². The Labute approximate surface area is 174 Å². The van der Waals surface area contributed by atoms with Gasteiger partial charge in [0.1, 0.15) is 6.10 Å². The molecule has 6 atom stereocenters. The topological polar surface area (TPSA) is 65.0 Å². The summed E-state index contributed by atoms with van der Waals surface area (Å²) in [5.74, 6) is 0.00900. The molecule has 6 heteroatoms. The number of carbonyl (C=O) groups excluding carboxylic acids is 1. The summed E-state index contributed by atoms with van der Waals surface area (Å²) in [7, 11) is -1.96. The number of rotatable bonds is 7. The second kappa shape index (κ2) is 7.65. The van der Waals surface area contributed by atoms with Gasteiger partial charge in [0.05, 0.1) is 25.2 Å². The normalized spacial score (nSPS) is 36.2. The molecule has 1 saturated heterocycles. The zero-order valence-corrected chi connectivity index (χ0v) is 18.6. The van der Waals surface area contributed by atoms with Gasteiger partial charge >= 0.3 is 5.97 Å². The minimum absolute atomic E-state index is 0.0163. The van der Waals surface area contributed by atoms with Gasteiger partial charge in [-0.15, -0.1) is 0 Å². The van der Waals surface area contributed by atoms with E-state index in [4.69, 9.17) is 13.9 Å². The van der Waals surface area contributed by atoms with Gasteiger partial charge in [-0.1, -0.05) is 36.9 Å². The maximum Gasteiger partial charge on any atom is 0.309 e. The Kier molecular flexibility index (Phi) is 5.48. The molecule has 4 fully saturated rings. The van der Waals surface area contributed by atoms with E-state index in [-0.39, 0.29) is 48.8 Å². The number of aliphatic hydroxyl groups excluding tert-OH is 1. The first-order valence-corrected chi connectivity index (χ1v) is 14.0. The number of hydrogen-bond acceptors (Lipinski definition) is 5. The molecule has 158 valence electrons. The van der Waals surface area contributed by atoms with Crippen LogP contribution in [0.5, 0.6) is 0 Å². The number of esters is 1. The Morgan fingerprint density at radius 3 is 2.62 bits per heavy atom. The third kappa shape index (κ3) is 3.72. The molecule has 4 aliphatic rings. The van der Waals surface area contributed by atoms with Crippen molar-refractivity contribution in [1.82, 2.24) is 0 Å². The first-order chi connectivity index (χ1) is 13.7. The predicted molar refractivity (Wildman–Crippen MR) is 113 cm³/mol. The lowest BCUT2D eigenvalue weighted by atomic mass is 9.48. The van der Waals surface area contributed by atoms with Crippen LogP contribution in [-0.4, -0.2) is 44.3 Å². The highest BCUT2D eigenvalue weighted by Crippen LogP contribution is 2.61. The van der Waals surface area contributed by atoms with Gasteiger partial charge in [0.15, 0.2) is 8.32 Å². The number of ether oxygens (including phenoxy) is 2. The van der Waals surface area contributed by atoms with Crippen LogP contribution < -0.4 is 0 Å². The zero-order valence-electron chi connectivity index (χ0n) is 17.6. The predicted octanol–water partition coefficient (Wildman–Crippen LogP) is 3.54. The molecule has 0 unspecified atom stereocenters. The van der Waals surface area contributed by atoms with Crippen LogP contribution in [0.3, 0.4) is 0 Å². The van der Waals surface area contributed by atoms with E-state index in [1.807, 2.05) is 30.3 Å². The molecular weight excluding hydrogens is 384 g/mol. The van der Waals surface area contributed by atoms with E-state index in [1.165, 1.54) is 0 Å². The van der Waals surface area contributed by atoms with Gasteiger partial charge in [0, 0.05) is 12.5 Å². The number of fused-ring (bicyclic) bond motifs is 1. The summed E-state index contributed by atoms with van der Waals surface area (Å²) >= 11 is 0. The summed E-state index contributed by atoms with van der Waals surface area (Å²) in [6.45, 7) is 12.0. The summed E-state index contributed by atoms with van der Waals surface area (Å²) < 4.78 is 18.6. The van der Waals surface area contributed by atoms with Gasteiger partial charge in [0.25, 0.3) is 0 Å². The van der Waals surface area contributed by atoms with Gasteiger partial charge < -0.3 is 19.0 Å². The average Bonchev–Trinajstić information content (AvgIpc) is 2.64. The maximum absolute atomic E-state index is 12.4. The van der Waals surface area contributed by atoms with Crippen molar-refractivity contribution in [2.75, 3.05) is 13.2 Å². The van der Waals surface area contributed by atoms with Crippen molar-refractivity contribution in [3.8, 4) is 0 Å². The smallest absolute Gasteiger partial charge is 0.309 e. The van der Waals surface area contributed by atoms with Crippen molar-refractivity contribution in [3.05, 3.63) is 48.0 Å². The highest BCUT2D eigenvalue weighted by Gasteiger charge is 2.67. The van der Waals surface area contributed by atoms with Gasteiger partial charge in [-0.25, -0.2) is 0 Å². The SMILES string of the molecule is C=C1[C@H]2C[C@H]3OC(=O)C[C@]1(O[Si](C)(C)C)[C@H]3[C@H](COCc1ccccc1)[C@H]2CO. The van der Waals surface area contributed by atoms with Crippen molar-refractivity contribution < 1.29 is 23.8 Å². The van der Waals surface area contributed by atoms with Crippen LogP contribution in [0.25, 0.3) is 0 Å². The van der Waals surface area contributed by atoms with Gasteiger partial charge in [0.2, 0.25) is 0 Å². The van der Waals surface area contributed by atoms with Crippen LogP contribution in [-0.2, 0) is 25.3 Å². The lowest BCUT2D eigenvalue weighted by Gasteiger charge is -2.64. The maximum atomic E-state index is 12.4. The molecule has 29 heavy (non-hydrogen) atoms. The molecule has 0 spiro atoms. The molecule has 1 heterocycles. The molecule has 0 radical (unpaired) electrons. The Balaban J connectivity index is 1.62. The molecule has 1 aromatic carbocycles. The molecule has 1 N–H and O–H groups in total. The fraction of sp³-hybridized carbons (Fsp3) is 0.609. The van der Waals surface area contributed by atoms with E-state index in [2.05, 4.69) is 26.2 Å². The largest absolute Gasteiger partial charge is 0.462 e. The second-order valence-electron chi connectivity index (χ2n) is 9.71. The van der Waals surface area contributed by atoms with E-state index < -0.39 is 13.9 Å². The standard InChI is InChI=1S/C23H32O5Si/c1-15-17-10-20-22(23(15,11-21(25)27-20)28-29(2,3)4)19(18(17)12-24)14-26-13-16-8-6-5-7-9-16/h5-9,17-20,22,24H,1,10-14H2,2-4H3/t17-,18+,19-,20-,22+,23-/m1/s1. The van der Waals surface area contributed by atoms with E-state index in [0.717, 1.165) is 17.6 Å². The van der Waals surface area contributed by atoms with Crippen molar-refractivity contribution in [1.29, 1.82) is 0 Å². The summed E-state index contributed by atoms with van der Waals surface area (Å²) in [5, 5.41) is 10.2. The molecule has 1 aliphatic heterocycles. The number of benzene rings is 1. The molecule has 4 bridgehead atoms. The van der Waals surface area contributed by atoms with Crippen LogP contribution in [0.1, 0.15) is 18.4 Å². The average molecular weight is 417 g/mol. The minimum atomic E-state index is -1.96. The van der Waals surface area contributed by atoms with Gasteiger partial charge in [-0.2, -0.15) is 0 Å². The summed E-state index contributed by atoms with van der Waals surface area (Å²) in [6, 6.07) is 10.1. The van der Waals surface area contributed by atoms with E-state index >= 15 is 0 Å². The Morgan fingerprint density at radius 2 is 1.97 bits per heavy atom. The second-order valence-corrected chi connectivity index (χ2v) is 14.1. The van der Waals surface area contributed by atoms with Crippen LogP contribution in [0.2, 0.25) is 19.6 Å². The molecule has 0 aromatic heterocycles. The molecule has 5 rings (SSSR count).